The number of nitrogens with one attached hydrogen (secondary N) is 1. The molecule has 0 radical (unpaired) electrons. The molecule has 1 amide bonds. The van der Waals surface area contributed by atoms with E-state index in [4.69, 9.17) is 4.52 Å². The fraction of sp³-hybridized carbons (Fsp3) is 0.429. The van der Waals surface area contributed by atoms with Crippen LogP contribution in [0.25, 0.3) is 0 Å². The number of halogens is 1. The lowest BCUT2D eigenvalue weighted by atomic mass is 10.1. The molecule has 8 heteroatoms. The van der Waals surface area contributed by atoms with Gasteiger partial charge < -0.3 is 14.7 Å². The topological polar surface area (TPSA) is 84.2 Å². The van der Waals surface area contributed by atoms with E-state index in [2.05, 4.69) is 20.4 Å². The van der Waals surface area contributed by atoms with Gasteiger partial charge in [0.15, 0.2) is 11.5 Å². The first kappa shape index (κ1) is 14.4. The van der Waals surface area contributed by atoms with Gasteiger partial charge in [-0.25, -0.2) is 14.4 Å². The fourth-order valence-electron chi connectivity index (χ4n) is 2.43. The van der Waals surface area contributed by atoms with Crippen LogP contribution in [0, 0.1) is 12.7 Å². The molecule has 0 aromatic carbocycles. The number of aryl methyl sites for hydroxylation is 1. The summed E-state index contributed by atoms with van der Waals surface area (Å²) in [5, 5.41) is 6.64. The van der Waals surface area contributed by atoms with Crippen molar-refractivity contribution in [3.63, 3.8) is 0 Å². The van der Waals surface area contributed by atoms with E-state index in [0.29, 0.717) is 30.5 Å². The van der Waals surface area contributed by atoms with Crippen LogP contribution in [0.3, 0.4) is 0 Å². The summed E-state index contributed by atoms with van der Waals surface area (Å²) in [5.41, 5.74) is 0.293. The molecule has 7 nitrogen and oxygen atoms in total. The zero-order valence-electron chi connectivity index (χ0n) is 12.1. The quantitative estimate of drug-likeness (QED) is 0.920. The average molecular weight is 305 g/mol. The van der Waals surface area contributed by atoms with Crippen molar-refractivity contribution in [2.75, 3.05) is 18.0 Å². The zero-order valence-corrected chi connectivity index (χ0v) is 12.1. The van der Waals surface area contributed by atoms with Crippen LogP contribution >= 0.6 is 0 Å². The molecule has 2 aromatic heterocycles. The van der Waals surface area contributed by atoms with E-state index in [0.717, 1.165) is 25.2 Å². The van der Waals surface area contributed by atoms with Crippen molar-refractivity contribution in [1.82, 2.24) is 20.4 Å². The molecule has 1 saturated heterocycles. The van der Waals surface area contributed by atoms with Crippen molar-refractivity contribution < 1.29 is 13.7 Å². The van der Waals surface area contributed by atoms with Gasteiger partial charge in [-0.2, -0.15) is 0 Å². The number of rotatable bonds is 3. The van der Waals surface area contributed by atoms with Crippen LogP contribution in [-0.4, -0.2) is 40.2 Å². The maximum Gasteiger partial charge on any atom is 0.273 e. The Hall–Kier alpha value is -2.51. The molecule has 3 rings (SSSR count). The summed E-state index contributed by atoms with van der Waals surface area (Å²) in [6.07, 6.45) is 3.85. The monoisotopic (exact) mass is 305 g/mol. The molecule has 22 heavy (non-hydrogen) atoms. The molecule has 1 aliphatic heterocycles. The Kier molecular flexibility index (Phi) is 3.99. The van der Waals surface area contributed by atoms with Gasteiger partial charge in [-0.1, -0.05) is 5.16 Å². The first-order valence-corrected chi connectivity index (χ1v) is 7.08. The van der Waals surface area contributed by atoms with E-state index in [1.54, 1.807) is 13.0 Å². The third kappa shape index (κ3) is 3.21. The fourth-order valence-corrected chi connectivity index (χ4v) is 2.43. The van der Waals surface area contributed by atoms with Crippen LogP contribution in [0.1, 0.15) is 29.1 Å². The van der Waals surface area contributed by atoms with Crippen LogP contribution in [0.5, 0.6) is 0 Å². The Balaban J connectivity index is 1.53. The number of piperidine rings is 1. The second kappa shape index (κ2) is 6.08. The lowest BCUT2D eigenvalue weighted by Gasteiger charge is -2.32. The number of hydrogen-bond acceptors (Lipinski definition) is 6. The van der Waals surface area contributed by atoms with Gasteiger partial charge in [0.1, 0.15) is 5.76 Å². The second-order valence-corrected chi connectivity index (χ2v) is 5.26. The third-order valence-corrected chi connectivity index (χ3v) is 3.58. The number of anilines is 1. The van der Waals surface area contributed by atoms with Crippen molar-refractivity contribution >= 4 is 11.9 Å². The van der Waals surface area contributed by atoms with Crippen molar-refractivity contribution in [3.05, 3.63) is 35.7 Å². The minimum absolute atomic E-state index is 0.0706. The highest BCUT2D eigenvalue weighted by Crippen LogP contribution is 2.16. The Labute approximate surface area is 126 Å². The van der Waals surface area contributed by atoms with Gasteiger partial charge in [0.2, 0.25) is 5.95 Å². The highest BCUT2D eigenvalue weighted by Gasteiger charge is 2.23. The zero-order chi connectivity index (χ0) is 15.5. The molecule has 3 heterocycles. The van der Waals surface area contributed by atoms with Gasteiger partial charge in [-0.15, -0.1) is 0 Å². The predicted molar refractivity (Wildman–Crippen MR) is 75.9 cm³/mol. The first-order chi connectivity index (χ1) is 10.6. The van der Waals surface area contributed by atoms with Gasteiger partial charge in [-0.3, -0.25) is 4.79 Å². The predicted octanol–water partition coefficient (Wildman–Crippen LogP) is 1.31. The molecule has 1 aliphatic rings. The largest absolute Gasteiger partial charge is 0.361 e. The highest BCUT2D eigenvalue weighted by atomic mass is 19.1. The van der Waals surface area contributed by atoms with Crippen molar-refractivity contribution in [2.24, 2.45) is 0 Å². The molecule has 1 fully saturated rings. The molecule has 0 atom stereocenters. The summed E-state index contributed by atoms with van der Waals surface area (Å²) in [6.45, 7) is 3.15. The van der Waals surface area contributed by atoms with Gasteiger partial charge >= 0.3 is 0 Å². The van der Waals surface area contributed by atoms with E-state index >= 15 is 0 Å². The lowest BCUT2D eigenvalue weighted by molar-refractivity contribution is 0.0922. The van der Waals surface area contributed by atoms with Gasteiger partial charge in [-0.05, 0) is 19.8 Å². The lowest BCUT2D eigenvalue weighted by Crippen LogP contribution is -2.45. The molecule has 1 N–H and O–H groups in total. The number of carbonyl (C=O) groups is 1. The molecular weight excluding hydrogens is 289 g/mol. The van der Waals surface area contributed by atoms with E-state index < -0.39 is 5.82 Å². The van der Waals surface area contributed by atoms with Crippen LogP contribution < -0.4 is 10.2 Å². The van der Waals surface area contributed by atoms with Gasteiger partial charge in [0.05, 0.1) is 12.4 Å². The second-order valence-electron chi connectivity index (χ2n) is 5.26. The van der Waals surface area contributed by atoms with E-state index in [1.807, 2.05) is 4.90 Å². The minimum atomic E-state index is -0.450. The first-order valence-electron chi connectivity index (χ1n) is 7.08. The number of nitrogens with zero attached hydrogens (tertiary/aromatic N) is 4. The van der Waals surface area contributed by atoms with E-state index in [-0.39, 0.29) is 11.9 Å². The maximum atomic E-state index is 12.8. The standard InChI is InChI=1S/C14H16FN5O2/c1-9-6-12(19-22-9)13(21)18-11-2-4-20(5-3-11)14-16-7-10(15)8-17-14/h6-8,11H,2-5H2,1H3,(H,18,21). The molecule has 0 bridgehead atoms. The SMILES string of the molecule is Cc1cc(C(=O)NC2CCN(c3ncc(F)cn3)CC2)no1. The maximum absolute atomic E-state index is 12.8. The van der Waals surface area contributed by atoms with Crippen LogP contribution in [-0.2, 0) is 0 Å². The number of carbonyl (C=O) groups excluding carboxylic acids is 1. The molecule has 0 unspecified atom stereocenters. The van der Waals surface area contributed by atoms with Crippen molar-refractivity contribution in [1.29, 1.82) is 0 Å². The normalized spacial score (nSPS) is 15.8. The molecule has 0 saturated carbocycles. The van der Waals surface area contributed by atoms with E-state index in [1.165, 1.54) is 0 Å². The molecule has 0 aliphatic carbocycles. The summed E-state index contributed by atoms with van der Waals surface area (Å²) in [5.74, 6) is 0.439. The Bertz CT molecular complexity index is 650. The summed E-state index contributed by atoms with van der Waals surface area (Å²) in [4.78, 5) is 21.9. The molecule has 0 spiro atoms. The summed E-state index contributed by atoms with van der Waals surface area (Å²) in [7, 11) is 0. The average Bonchev–Trinajstić information content (AvgIpc) is 2.96. The molecule has 116 valence electrons. The summed E-state index contributed by atoms with van der Waals surface area (Å²) < 4.78 is 17.7. The van der Waals surface area contributed by atoms with Crippen molar-refractivity contribution in [3.8, 4) is 0 Å². The minimum Gasteiger partial charge on any atom is -0.361 e. The third-order valence-electron chi connectivity index (χ3n) is 3.58. The molecular formula is C14H16FN5O2. The van der Waals surface area contributed by atoms with Crippen LogP contribution in [0.15, 0.2) is 23.0 Å². The number of amides is 1. The molecule has 2 aromatic rings. The van der Waals surface area contributed by atoms with E-state index in [9.17, 15) is 9.18 Å². The van der Waals surface area contributed by atoms with Gasteiger partial charge in [0, 0.05) is 25.2 Å². The Morgan fingerprint density at radius 2 is 2.05 bits per heavy atom. The Morgan fingerprint density at radius 3 is 2.64 bits per heavy atom. The smallest absolute Gasteiger partial charge is 0.273 e. The van der Waals surface area contributed by atoms with Crippen LogP contribution in [0.2, 0.25) is 0 Å². The number of aromatic nitrogens is 3. The highest BCUT2D eigenvalue weighted by molar-refractivity contribution is 5.92. The van der Waals surface area contributed by atoms with Crippen molar-refractivity contribution in [2.45, 2.75) is 25.8 Å². The summed E-state index contributed by atoms with van der Waals surface area (Å²) in [6, 6.07) is 1.68. The Morgan fingerprint density at radius 1 is 1.36 bits per heavy atom. The van der Waals surface area contributed by atoms with Crippen LogP contribution in [0.4, 0.5) is 10.3 Å². The van der Waals surface area contributed by atoms with Gasteiger partial charge in [0.25, 0.3) is 5.91 Å². The number of hydrogen-bond donors (Lipinski definition) is 1. The summed E-state index contributed by atoms with van der Waals surface area (Å²) >= 11 is 0.